The maximum atomic E-state index is 10.6. The fourth-order valence-corrected chi connectivity index (χ4v) is 0. The van der Waals surface area contributed by atoms with Crippen molar-refractivity contribution in [3.05, 3.63) is 0 Å². The van der Waals surface area contributed by atoms with Gasteiger partial charge < -0.3 is 0 Å². The van der Waals surface area contributed by atoms with Crippen LogP contribution < -0.4 is 0 Å². The molecular formula is C3H7FO. The summed E-state index contributed by atoms with van der Waals surface area (Å²) in [6.07, 6.45) is -0.282. The quantitative estimate of drug-likeness (QED) is 0.459. The van der Waals surface area contributed by atoms with Crippen molar-refractivity contribution in [3.8, 4) is 0 Å². The van der Waals surface area contributed by atoms with Gasteiger partial charge in [0.25, 0.3) is 0 Å². The Morgan fingerprint density at radius 1 is 1.60 bits per heavy atom. The third-order valence-electron chi connectivity index (χ3n) is 0.178. The predicted octanol–water partition coefficient (Wildman–Crippen LogP) is 1.30. The van der Waals surface area contributed by atoms with Crippen LogP contribution in [-0.2, 0) is 4.94 Å². The van der Waals surface area contributed by atoms with Crippen molar-refractivity contribution in [3.63, 3.8) is 0 Å². The van der Waals surface area contributed by atoms with Crippen LogP contribution in [0.25, 0.3) is 0 Å². The zero-order chi connectivity index (χ0) is 4.28. The van der Waals surface area contributed by atoms with Crippen LogP contribution in [0, 0.1) is 0 Å². The maximum Gasteiger partial charge on any atom is 0.0927 e. The van der Waals surface area contributed by atoms with Gasteiger partial charge in [0.05, 0.1) is 6.10 Å². The molecule has 0 aromatic heterocycles. The molecule has 0 spiro atoms. The van der Waals surface area contributed by atoms with E-state index in [2.05, 4.69) is 4.94 Å². The summed E-state index contributed by atoms with van der Waals surface area (Å²) in [5.41, 5.74) is 0. The lowest BCUT2D eigenvalue weighted by Gasteiger charge is -1.87. The van der Waals surface area contributed by atoms with Crippen LogP contribution in [0.15, 0.2) is 0 Å². The molecule has 5 heavy (non-hydrogen) atoms. The zero-order valence-corrected chi connectivity index (χ0v) is 3.36. The van der Waals surface area contributed by atoms with E-state index in [-0.39, 0.29) is 6.10 Å². The van der Waals surface area contributed by atoms with Gasteiger partial charge in [0.15, 0.2) is 0 Å². The van der Waals surface area contributed by atoms with E-state index in [1.165, 1.54) is 0 Å². The van der Waals surface area contributed by atoms with Gasteiger partial charge >= 0.3 is 0 Å². The van der Waals surface area contributed by atoms with Crippen LogP contribution in [0.4, 0.5) is 4.53 Å². The van der Waals surface area contributed by atoms with Crippen LogP contribution in [-0.4, -0.2) is 6.10 Å². The molecule has 0 amide bonds. The van der Waals surface area contributed by atoms with Gasteiger partial charge in [0, 0.05) is 0 Å². The highest BCUT2D eigenvalue weighted by Gasteiger charge is 1.83. The second kappa shape index (κ2) is 2.15. The lowest BCUT2D eigenvalue weighted by Crippen LogP contribution is -1.90. The highest BCUT2D eigenvalue weighted by molar-refractivity contribution is 4.24. The molecule has 0 rings (SSSR count). The molecule has 1 nitrogen and oxygen atoms in total. The molecule has 0 aliphatic rings. The molecule has 0 aromatic rings. The van der Waals surface area contributed by atoms with Gasteiger partial charge in [-0.3, -0.25) is 0 Å². The molecule has 0 heterocycles. The fraction of sp³-hybridized carbons (Fsp3) is 1.00. The fourth-order valence-electron chi connectivity index (χ4n) is 0. The minimum absolute atomic E-state index is 0.282. The second-order valence-corrected chi connectivity index (χ2v) is 1.14. The Morgan fingerprint density at radius 3 is 1.80 bits per heavy atom. The molecule has 0 radical (unpaired) electrons. The molecule has 0 unspecified atom stereocenters. The number of hydrogen-bond acceptors (Lipinski definition) is 1. The lowest BCUT2D eigenvalue weighted by atomic mass is 10.5. The summed E-state index contributed by atoms with van der Waals surface area (Å²) < 4.78 is 10.6. The van der Waals surface area contributed by atoms with Gasteiger partial charge in [-0.25, -0.2) is 0 Å². The molecule has 0 fully saturated rings. The highest BCUT2D eigenvalue weighted by atomic mass is 19.3. The molecule has 0 bridgehead atoms. The van der Waals surface area contributed by atoms with Gasteiger partial charge in [-0.15, -0.1) is 0 Å². The zero-order valence-electron chi connectivity index (χ0n) is 3.36. The van der Waals surface area contributed by atoms with E-state index >= 15 is 0 Å². The average Bonchev–Trinajstić information content (AvgIpc) is 1.38. The van der Waals surface area contributed by atoms with Crippen molar-refractivity contribution >= 4 is 0 Å². The first-order valence-electron chi connectivity index (χ1n) is 1.54. The first-order valence-corrected chi connectivity index (χ1v) is 1.54. The normalized spacial score (nSPS) is 9.60. The van der Waals surface area contributed by atoms with Crippen molar-refractivity contribution < 1.29 is 9.47 Å². The van der Waals surface area contributed by atoms with E-state index in [1.807, 2.05) is 0 Å². The largest absolute Gasteiger partial charge is 0.191 e. The van der Waals surface area contributed by atoms with E-state index in [4.69, 9.17) is 0 Å². The Balaban J connectivity index is 2.54. The topological polar surface area (TPSA) is 9.23 Å². The van der Waals surface area contributed by atoms with Crippen LogP contribution >= 0.6 is 0 Å². The van der Waals surface area contributed by atoms with Crippen LogP contribution in [0.1, 0.15) is 13.8 Å². The van der Waals surface area contributed by atoms with Gasteiger partial charge in [-0.2, -0.15) is 4.94 Å². The molecule has 32 valence electrons. The number of hydrogen-bond donors (Lipinski definition) is 0. The molecule has 0 atom stereocenters. The Morgan fingerprint density at radius 2 is 1.80 bits per heavy atom. The van der Waals surface area contributed by atoms with E-state index < -0.39 is 0 Å². The molecule has 0 saturated heterocycles. The molecule has 2 heteroatoms. The summed E-state index contributed by atoms with van der Waals surface area (Å²) in [5, 5.41) is 0. The van der Waals surface area contributed by atoms with Gasteiger partial charge in [-0.05, 0) is 18.4 Å². The number of halogens is 1. The van der Waals surface area contributed by atoms with Crippen molar-refractivity contribution in [2.45, 2.75) is 20.0 Å². The van der Waals surface area contributed by atoms with Crippen LogP contribution in [0.5, 0.6) is 0 Å². The molecule has 0 saturated carbocycles. The summed E-state index contributed by atoms with van der Waals surface area (Å²) in [7, 11) is 0. The lowest BCUT2D eigenvalue weighted by molar-refractivity contribution is -0.165. The SMILES string of the molecule is CC(C)OF. The monoisotopic (exact) mass is 78.0 g/mol. The first kappa shape index (κ1) is 4.89. The molecule has 0 aromatic carbocycles. The maximum absolute atomic E-state index is 10.6. The Hall–Kier alpha value is -0.110. The minimum Gasteiger partial charge on any atom is -0.191 e. The van der Waals surface area contributed by atoms with Crippen molar-refractivity contribution in [1.82, 2.24) is 0 Å². The summed E-state index contributed by atoms with van der Waals surface area (Å²) in [6, 6.07) is 0. The van der Waals surface area contributed by atoms with E-state index in [0.29, 0.717) is 0 Å². The molecule has 0 aliphatic carbocycles. The molecular weight excluding hydrogens is 71.0 g/mol. The predicted molar refractivity (Wildman–Crippen MR) is 17.3 cm³/mol. The van der Waals surface area contributed by atoms with Crippen molar-refractivity contribution in [1.29, 1.82) is 0 Å². The van der Waals surface area contributed by atoms with Gasteiger partial charge in [0.1, 0.15) is 0 Å². The second-order valence-electron chi connectivity index (χ2n) is 1.14. The van der Waals surface area contributed by atoms with Crippen molar-refractivity contribution in [2.75, 3.05) is 0 Å². The average molecular weight is 78.1 g/mol. The number of rotatable bonds is 1. The van der Waals surface area contributed by atoms with E-state index in [1.54, 1.807) is 13.8 Å². The standard InChI is InChI=1S/C3H7FO/c1-3(2)5-4/h3H,1-2H3. The Kier molecular flexibility index (Phi) is 2.10. The molecule has 0 aliphatic heterocycles. The summed E-state index contributed by atoms with van der Waals surface area (Å²) >= 11 is 0. The Bertz CT molecular complexity index is 20.9. The van der Waals surface area contributed by atoms with Crippen LogP contribution in [0.2, 0.25) is 0 Å². The summed E-state index contributed by atoms with van der Waals surface area (Å²) in [4.78, 5) is 3.25. The van der Waals surface area contributed by atoms with Crippen molar-refractivity contribution in [2.24, 2.45) is 0 Å². The Labute approximate surface area is 30.6 Å². The smallest absolute Gasteiger partial charge is 0.0927 e. The minimum atomic E-state index is -0.282. The van der Waals surface area contributed by atoms with Gasteiger partial charge in [0.2, 0.25) is 0 Å². The third kappa shape index (κ3) is 3.89. The van der Waals surface area contributed by atoms with Crippen LogP contribution in [0.3, 0.4) is 0 Å². The van der Waals surface area contributed by atoms with E-state index in [0.717, 1.165) is 0 Å². The van der Waals surface area contributed by atoms with E-state index in [9.17, 15) is 4.53 Å². The highest BCUT2D eigenvalue weighted by Crippen LogP contribution is 1.83. The first-order chi connectivity index (χ1) is 2.27. The van der Waals surface area contributed by atoms with Gasteiger partial charge in [-0.1, -0.05) is 0 Å². The summed E-state index contributed by atoms with van der Waals surface area (Å²) in [5.74, 6) is 0. The third-order valence-corrected chi connectivity index (χ3v) is 0.178. The molecule has 0 N–H and O–H groups in total. The summed E-state index contributed by atoms with van der Waals surface area (Å²) in [6.45, 7) is 3.25.